The third kappa shape index (κ3) is 4.00. The number of aromatic nitrogens is 2. The summed E-state index contributed by atoms with van der Waals surface area (Å²) in [5.74, 6) is 1.50. The van der Waals surface area contributed by atoms with E-state index in [1.54, 1.807) is 0 Å². The van der Waals surface area contributed by atoms with Crippen LogP contribution in [0.1, 0.15) is 46.3 Å². The SMILES string of the molecule is CC(C)NCCc1nc(C(C)(C)C)no1. The number of hydrogen-bond donors (Lipinski definition) is 1. The molecule has 1 aromatic heterocycles. The fraction of sp³-hybridized carbons (Fsp3) is 0.818. The van der Waals surface area contributed by atoms with Crippen LogP contribution in [0.4, 0.5) is 0 Å². The van der Waals surface area contributed by atoms with Crippen LogP contribution in [0.15, 0.2) is 4.52 Å². The molecule has 86 valence electrons. The van der Waals surface area contributed by atoms with Gasteiger partial charge in [0.15, 0.2) is 5.82 Å². The Balaban J connectivity index is 2.47. The van der Waals surface area contributed by atoms with Crippen LogP contribution in [-0.4, -0.2) is 22.7 Å². The molecule has 15 heavy (non-hydrogen) atoms. The minimum Gasteiger partial charge on any atom is -0.339 e. The fourth-order valence-corrected chi connectivity index (χ4v) is 1.13. The van der Waals surface area contributed by atoms with Crippen molar-refractivity contribution in [2.45, 2.75) is 52.5 Å². The lowest BCUT2D eigenvalue weighted by Crippen LogP contribution is -2.25. The molecule has 0 radical (unpaired) electrons. The molecule has 0 bridgehead atoms. The van der Waals surface area contributed by atoms with Crippen LogP contribution in [-0.2, 0) is 11.8 Å². The molecular formula is C11H21N3O. The normalized spacial score (nSPS) is 12.4. The first-order valence-electron chi connectivity index (χ1n) is 5.46. The fourth-order valence-electron chi connectivity index (χ4n) is 1.13. The topological polar surface area (TPSA) is 51.0 Å². The van der Waals surface area contributed by atoms with Crippen molar-refractivity contribution >= 4 is 0 Å². The molecule has 0 unspecified atom stereocenters. The Kier molecular flexibility index (Phi) is 3.85. The zero-order valence-corrected chi connectivity index (χ0v) is 10.3. The summed E-state index contributed by atoms with van der Waals surface area (Å²) in [6, 6.07) is 0.495. The van der Waals surface area contributed by atoms with Gasteiger partial charge in [0.1, 0.15) is 0 Å². The molecule has 0 aliphatic heterocycles. The van der Waals surface area contributed by atoms with Crippen molar-refractivity contribution < 1.29 is 4.52 Å². The van der Waals surface area contributed by atoms with Crippen LogP contribution in [0, 0.1) is 0 Å². The van der Waals surface area contributed by atoms with E-state index in [-0.39, 0.29) is 5.41 Å². The van der Waals surface area contributed by atoms with Crippen molar-refractivity contribution in [1.29, 1.82) is 0 Å². The van der Waals surface area contributed by atoms with Crippen molar-refractivity contribution in [2.75, 3.05) is 6.54 Å². The zero-order valence-electron chi connectivity index (χ0n) is 10.3. The van der Waals surface area contributed by atoms with Gasteiger partial charge in [0.2, 0.25) is 5.89 Å². The highest BCUT2D eigenvalue weighted by Crippen LogP contribution is 2.18. The summed E-state index contributed by atoms with van der Waals surface area (Å²) in [4.78, 5) is 4.36. The second kappa shape index (κ2) is 4.75. The van der Waals surface area contributed by atoms with Gasteiger partial charge in [0.25, 0.3) is 0 Å². The third-order valence-corrected chi connectivity index (χ3v) is 2.03. The number of nitrogens with zero attached hydrogens (tertiary/aromatic N) is 2. The van der Waals surface area contributed by atoms with Crippen molar-refractivity contribution in [2.24, 2.45) is 0 Å². The average Bonchev–Trinajstić information content (AvgIpc) is 2.51. The molecule has 0 fully saturated rings. The van der Waals surface area contributed by atoms with Crippen molar-refractivity contribution in [3.8, 4) is 0 Å². The van der Waals surface area contributed by atoms with Crippen molar-refractivity contribution in [3.05, 3.63) is 11.7 Å². The van der Waals surface area contributed by atoms with E-state index < -0.39 is 0 Å². The summed E-state index contributed by atoms with van der Waals surface area (Å²) in [6.07, 6.45) is 0.793. The molecule has 1 heterocycles. The van der Waals surface area contributed by atoms with Crippen molar-refractivity contribution in [1.82, 2.24) is 15.5 Å². The average molecular weight is 211 g/mol. The Hall–Kier alpha value is -0.900. The van der Waals surface area contributed by atoms with Gasteiger partial charge in [-0.25, -0.2) is 0 Å². The molecule has 0 saturated carbocycles. The maximum Gasteiger partial charge on any atom is 0.227 e. The molecule has 0 aromatic carbocycles. The van der Waals surface area contributed by atoms with E-state index in [0.717, 1.165) is 18.8 Å². The summed E-state index contributed by atoms with van der Waals surface area (Å²) >= 11 is 0. The molecule has 0 atom stereocenters. The van der Waals surface area contributed by atoms with Gasteiger partial charge in [-0.2, -0.15) is 4.98 Å². The predicted octanol–water partition coefficient (Wildman–Crippen LogP) is 1.91. The molecule has 0 spiro atoms. The Labute approximate surface area is 91.5 Å². The molecule has 4 nitrogen and oxygen atoms in total. The zero-order chi connectivity index (χ0) is 11.5. The second-order valence-corrected chi connectivity index (χ2v) is 5.12. The molecule has 1 N–H and O–H groups in total. The first-order chi connectivity index (χ1) is 6.89. The number of rotatable bonds is 4. The Morgan fingerprint density at radius 1 is 1.33 bits per heavy atom. The van der Waals surface area contributed by atoms with Crippen LogP contribution in [0.5, 0.6) is 0 Å². The van der Waals surface area contributed by atoms with E-state index in [1.807, 2.05) is 0 Å². The molecule has 0 saturated heterocycles. The van der Waals surface area contributed by atoms with E-state index in [9.17, 15) is 0 Å². The highest BCUT2D eigenvalue weighted by molar-refractivity contribution is 4.99. The lowest BCUT2D eigenvalue weighted by atomic mass is 9.96. The number of hydrogen-bond acceptors (Lipinski definition) is 4. The maximum absolute atomic E-state index is 5.17. The molecule has 0 amide bonds. The van der Waals surface area contributed by atoms with Gasteiger partial charge in [-0.1, -0.05) is 39.8 Å². The molecule has 4 heteroatoms. The van der Waals surface area contributed by atoms with Gasteiger partial charge in [-0.3, -0.25) is 0 Å². The highest BCUT2D eigenvalue weighted by atomic mass is 16.5. The van der Waals surface area contributed by atoms with Gasteiger partial charge < -0.3 is 9.84 Å². The minimum absolute atomic E-state index is 0.0345. The summed E-state index contributed by atoms with van der Waals surface area (Å²) in [5.41, 5.74) is -0.0345. The first kappa shape index (κ1) is 12.2. The van der Waals surface area contributed by atoms with Crippen molar-refractivity contribution in [3.63, 3.8) is 0 Å². The Bertz CT molecular complexity index is 299. The molecule has 1 rings (SSSR count). The Morgan fingerprint density at radius 3 is 2.47 bits per heavy atom. The molecule has 0 aliphatic carbocycles. The third-order valence-electron chi connectivity index (χ3n) is 2.03. The van der Waals surface area contributed by atoms with Gasteiger partial charge >= 0.3 is 0 Å². The summed E-state index contributed by atoms with van der Waals surface area (Å²) in [7, 11) is 0. The largest absolute Gasteiger partial charge is 0.339 e. The van der Waals surface area contributed by atoms with Crippen LogP contribution in [0.3, 0.4) is 0 Å². The quantitative estimate of drug-likeness (QED) is 0.826. The highest BCUT2D eigenvalue weighted by Gasteiger charge is 2.20. The second-order valence-electron chi connectivity index (χ2n) is 5.12. The summed E-state index contributed by atoms with van der Waals surface area (Å²) in [6.45, 7) is 11.3. The van der Waals surface area contributed by atoms with E-state index >= 15 is 0 Å². The lowest BCUT2D eigenvalue weighted by Gasteiger charge is -2.10. The van der Waals surface area contributed by atoms with Crippen LogP contribution < -0.4 is 5.32 Å². The predicted molar refractivity (Wildman–Crippen MR) is 59.8 cm³/mol. The standard InChI is InChI=1S/C11H21N3O/c1-8(2)12-7-6-9-13-10(14-15-9)11(3,4)5/h8,12H,6-7H2,1-5H3. The van der Waals surface area contributed by atoms with E-state index in [1.165, 1.54) is 0 Å². The minimum atomic E-state index is -0.0345. The summed E-state index contributed by atoms with van der Waals surface area (Å²) < 4.78 is 5.17. The molecule has 0 aliphatic rings. The molecular weight excluding hydrogens is 190 g/mol. The van der Waals surface area contributed by atoms with Crippen LogP contribution in [0.2, 0.25) is 0 Å². The van der Waals surface area contributed by atoms with E-state index in [4.69, 9.17) is 4.52 Å². The van der Waals surface area contributed by atoms with Gasteiger partial charge in [-0.15, -0.1) is 0 Å². The summed E-state index contributed by atoms with van der Waals surface area (Å²) in [5, 5.41) is 7.29. The van der Waals surface area contributed by atoms with Gasteiger partial charge in [-0.05, 0) is 0 Å². The maximum atomic E-state index is 5.17. The lowest BCUT2D eigenvalue weighted by molar-refractivity contribution is 0.360. The Morgan fingerprint density at radius 2 is 2.00 bits per heavy atom. The van der Waals surface area contributed by atoms with Gasteiger partial charge in [0, 0.05) is 24.4 Å². The van der Waals surface area contributed by atoms with E-state index in [0.29, 0.717) is 11.9 Å². The van der Waals surface area contributed by atoms with Crippen LogP contribution >= 0.6 is 0 Å². The first-order valence-corrected chi connectivity index (χ1v) is 5.46. The number of nitrogens with one attached hydrogen (secondary N) is 1. The molecule has 1 aromatic rings. The van der Waals surface area contributed by atoms with E-state index in [2.05, 4.69) is 50.1 Å². The van der Waals surface area contributed by atoms with Gasteiger partial charge in [0.05, 0.1) is 0 Å². The van der Waals surface area contributed by atoms with Crippen LogP contribution in [0.25, 0.3) is 0 Å². The monoisotopic (exact) mass is 211 g/mol. The smallest absolute Gasteiger partial charge is 0.227 e.